The Balaban J connectivity index is 1.82. The second kappa shape index (κ2) is 9.76. The van der Waals surface area contributed by atoms with Crippen LogP contribution < -0.4 is 11.1 Å². The third-order valence-corrected chi connectivity index (χ3v) is 5.83. The SMILES string of the molecule is CC1(C)OB(C(=Cc2cc(F)ccc2C(N)=O)CNC(=O)OCc2ccccc2)OC1(C)C. The fourth-order valence-electron chi connectivity index (χ4n) is 3.22. The first-order valence-electron chi connectivity index (χ1n) is 10.6. The summed E-state index contributed by atoms with van der Waals surface area (Å²) in [5.41, 5.74) is 5.88. The number of halogens is 1. The van der Waals surface area contributed by atoms with Gasteiger partial charge in [0.15, 0.2) is 0 Å². The number of nitrogens with one attached hydrogen (secondary N) is 1. The Morgan fingerprint density at radius 3 is 2.33 bits per heavy atom. The highest BCUT2D eigenvalue weighted by molar-refractivity contribution is 6.56. The maximum absolute atomic E-state index is 13.9. The molecule has 1 heterocycles. The van der Waals surface area contributed by atoms with Crippen molar-refractivity contribution < 1.29 is 28.0 Å². The Hall–Kier alpha value is -3.17. The Morgan fingerprint density at radius 1 is 1.09 bits per heavy atom. The van der Waals surface area contributed by atoms with Crippen molar-refractivity contribution in [2.75, 3.05) is 6.54 Å². The lowest BCUT2D eigenvalue weighted by molar-refractivity contribution is 0.00578. The first-order valence-corrected chi connectivity index (χ1v) is 10.6. The van der Waals surface area contributed by atoms with Gasteiger partial charge in [-0.3, -0.25) is 4.79 Å². The van der Waals surface area contributed by atoms with E-state index in [2.05, 4.69) is 5.32 Å². The summed E-state index contributed by atoms with van der Waals surface area (Å²) in [5, 5.41) is 2.67. The first-order chi connectivity index (χ1) is 15.5. The Labute approximate surface area is 193 Å². The zero-order valence-corrected chi connectivity index (χ0v) is 19.2. The van der Waals surface area contributed by atoms with Crippen LogP contribution in [0.1, 0.15) is 49.2 Å². The lowest BCUT2D eigenvalue weighted by Gasteiger charge is -2.32. The molecular formula is C24H28BFN2O5. The molecule has 174 valence electrons. The summed E-state index contributed by atoms with van der Waals surface area (Å²) >= 11 is 0. The minimum Gasteiger partial charge on any atom is -0.445 e. The van der Waals surface area contributed by atoms with E-state index in [1.165, 1.54) is 12.1 Å². The molecule has 0 atom stereocenters. The van der Waals surface area contributed by atoms with Crippen molar-refractivity contribution in [1.82, 2.24) is 5.32 Å². The molecule has 3 rings (SSSR count). The summed E-state index contributed by atoms with van der Waals surface area (Å²) in [7, 11) is -0.839. The first kappa shape index (κ1) is 24.5. The fraction of sp³-hybridized carbons (Fsp3) is 0.333. The monoisotopic (exact) mass is 454 g/mol. The number of carbonyl (C=O) groups excluding carboxylic acids is 2. The summed E-state index contributed by atoms with van der Waals surface area (Å²) in [5.74, 6) is -1.24. The van der Waals surface area contributed by atoms with Crippen LogP contribution in [0.3, 0.4) is 0 Å². The van der Waals surface area contributed by atoms with Crippen LogP contribution in [0, 0.1) is 5.82 Å². The van der Waals surface area contributed by atoms with E-state index in [4.69, 9.17) is 19.8 Å². The van der Waals surface area contributed by atoms with E-state index in [0.717, 1.165) is 11.6 Å². The van der Waals surface area contributed by atoms with E-state index in [1.54, 1.807) is 6.08 Å². The molecule has 0 saturated carbocycles. The summed E-state index contributed by atoms with van der Waals surface area (Å²) in [6.07, 6.45) is 0.902. The van der Waals surface area contributed by atoms with Crippen molar-refractivity contribution in [3.05, 3.63) is 76.5 Å². The topological polar surface area (TPSA) is 99.9 Å². The van der Waals surface area contributed by atoms with Crippen LogP contribution in [-0.4, -0.2) is 36.9 Å². The van der Waals surface area contributed by atoms with Crippen LogP contribution >= 0.6 is 0 Å². The van der Waals surface area contributed by atoms with Gasteiger partial charge in [0.1, 0.15) is 12.4 Å². The van der Waals surface area contributed by atoms with Crippen LogP contribution in [0.4, 0.5) is 9.18 Å². The number of hydrogen-bond acceptors (Lipinski definition) is 5. The molecule has 2 amide bonds. The summed E-state index contributed by atoms with van der Waals surface area (Å²) in [4.78, 5) is 24.1. The quantitative estimate of drug-likeness (QED) is 0.619. The molecule has 1 aliphatic heterocycles. The van der Waals surface area contributed by atoms with Gasteiger partial charge >= 0.3 is 13.2 Å². The number of amides is 2. The van der Waals surface area contributed by atoms with Crippen molar-refractivity contribution in [2.24, 2.45) is 5.73 Å². The molecule has 3 N–H and O–H groups in total. The number of benzene rings is 2. The third-order valence-electron chi connectivity index (χ3n) is 5.83. The Morgan fingerprint density at radius 2 is 1.73 bits per heavy atom. The number of hydrogen-bond donors (Lipinski definition) is 2. The maximum atomic E-state index is 13.9. The zero-order valence-electron chi connectivity index (χ0n) is 19.2. The number of rotatable bonds is 7. The van der Waals surface area contributed by atoms with Crippen molar-refractivity contribution >= 4 is 25.2 Å². The average Bonchev–Trinajstić information content (AvgIpc) is 2.97. The minimum atomic E-state index is -0.839. The van der Waals surface area contributed by atoms with E-state index in [9.17, 15) is 14.0 Å². The van der Waals surface area contributed by atoms with Crippen LogP contribution in [0.2, 0.25) is 0 Å². The molecule has 1 aliphatic rings. The van der Waals surface area contributed by atoms with E-state index in [-0.39, 0.29) is 24.3 Å². The fourth-order valence-corrected chi connectivity index (χ4v) is 3.22. The Bertz CT molecular complexity index is 1040. The number of carbonyl (C=O) groups is 2. The maximum Gasteiger partial charge on any atom is 0.492 e. The van der Waals surface area contributed by atoms with Gasteiger partial charge in [0.2, 0.25) is 5.91 Å². The molecule has 0 aromatic heterocycles. The molecule has 1 fully saturated rings. The summed E-state index contributed by atoms with van der Waals surface area (Å²) < 4.78 is 31.4. The van der Waals surface area contributed by atoms with Gasteiger partial charge in [0.25, 0.3) is 0 Å². The van der Waals surface area contributed by atoms with E-state index in [1.807, 2.05) is 58.0 Å². The minimum absolute atomic E-state index is 0.0147. The number of alkyl carbamates (subject to hydrolysis) is 1. The van der Waals surface area contributed by atoms with E-state index in [0.29, 0.717) is 5.47 Å². The molecule has 2 aromatic rings. The van der Waals surface area contributed by atoms with E-state index >= 15 is 0 Å². The second-order valence-electron chi connectivity index (χ2n) is 8.82. The van der Waals surface area contributed by atoms with Crippen molar-refractivity contribution in [1.29, 1.82) is 0 Å². The van der Waals surface area contributed by atoms with Gasteiger partial charge in [-0.1, -0.05) is 36.4 Å². The summed E-state index contributed by atoms with van der Waals surface area (Å²) in [6.45, 7) is 7.66. The molecule has 0 bridgehead atoms. The van der Waals surface area contributed by atoms with Gasteiger partial charge in [0, 0.05) is 12.1 Å². The molecule has 7 nitrogen and oxygen atoms in total. The van der Waals surface area contributed by atoms with Gasteiger partial charge in [-0.2, -0.15) is 0 Å². The molecule has 9 heteroatoms. The van der Waals surface area contributed by atoms with Crippen LogP contribution in [-0.2, 0) is 20.7 Å². The highest BCUT2D eigenvalue weighted by Crippen LogP contribution is 2.38. The van der Waals surface area contributed by atoms with Crippen LogP contribution in [0.5, 0.6) is 0 Å². The molecule has 0 radical (unpaired) electrons. The smallest absolute Gasteiger partial charge is 0.445 e. The normalized spacial score (nSPS) is 17.0. The highest BCUT2D eigenvalue weighted by Gasteiger charge is 2.52. The van der Waals surface area contributed by atoms with Gasteiger partial charge in [-0.05, 0) is 62.5 Å². The predicted octanol–water partition coefficient (Wildman–Crippen LogP) is 3.87. The predicted molar refractivity (Wildman–Crippen MR) is 124 cm³/mol. The lowest BCUT2D eigenvalue weighted by Crippen LogP contribution is -2.41. The number of nitrogens with two attached hydrogens (primary N) is 1. The molecule has 0 unspecified atom stereocenters. The molecule has 33 heavy (non-hydrogen) atoms. The van der Waals surface area contributed by atoms with Crippen LogP contribution in [0.25, 0.3) is 6.08 Å². The standard InChI is InChI=1S/C24H28BFN2O5/c1-23(2)24(3,4)33-25(32-23)18(12-17-13-19(26)10-11-20(17)21(27)29)14-28-22(30)31-15-16-8-6-5-7-9-16/h5-13H,14-15H2,1-4H3,(H2,27,29)(H,28,30). The second-order valence-corrected chi connectivity index (χ2v) is 8.82. The van der Waals surface area contributed by atoms with E-state index < -0.39 is 36.1 Å². The van der Waals surface area contributed by atoms with Crippen LogP contribution in [0.15, 0.2) is 54.0 Å². The summed E-state index contributed by atoms with van der Waals surface area (Å²) in [6, 6.07) is 12.9. The average molecular weight is 454 g/mol. The van der Waals surface area contributed by atoms with Crippen molar-refractivity contribution in [2.45, 2.75) is 45.5 Å². The Kier molecular flexibility index (Phi) is 7.24. The molecule has 0 spiro atoms. The largest absolute Gasteiger partial charge is 0.492 e. The van der Waals surface area contributed by atoms with Gasteiger partial charge in [-0.25, -0.2) is 9.18 Å². The van der Waals surface area contributed by atoms with Crippen molar-refractivity contribution in [3.8, 4) is 0 Å². The van der Waals surface area contributed by atoms with Gasteiger partial charge in [0.05, 0.1) is 11.2 Å². The number of primary amides is 1. The zero-order chi connectivity index (χ0) is 24.2. The molecule has 0 aliphatic carbocycles. The van der Waals surface area contributed by atoms with Gasteiger partial charge in [-0.15, -0.1) is 0 Å². The van der Waals surface area contributed by atoms with Gasteiger partial charge < -0.3 is 25.1 Å². The number of ether oxygens (including phenoxy) is 1. The molecular weight excluding hydrogens is 426 g/mol. The van der Waals surface area contributed by atoms with Crippen molar-refractivity contribution in [3.63, 3.8) is 0 Å². The molecule has 2 aromatic carbocycles. The highest BCUT2D eigenvalue weighted by atomic mass is 19.1. The molecule has 1 saturated heterocycles. The third kappa shape index (κ3) is 6.00. The lowest BCUT2D eigenvalue weighted by atomic mass is 9.76.